The molecular weight excluding hydrogens is 190 g/mol. The Labute approximate surface area is 89.4 Å². The summed E-state index contributed by atoms with van der Waals surface area (Å²) >= 11 is 0. The molecule has 0 spiro atoms. The van der Waals surface area contributed by atoms with Crippen molar-refractivity contribution < 1.29 is 4.52 Å². The van der Waals surface area contributed by atoms with Gasteiger partial charge in [-0.1, -0.05) is 12.1 Å². The molecule has 0 aromatic carbocycles. The van der Waals surface area contributed by atoms with Crippen molar-refractivity contribution in [1.29, 1.82) is 0 Å². The van der Waals surface area contributed by atoms with Crippen LogP contribution >= 0.6 is 0 Å². The number of hydrogen-bond donors (Lipinski definition) is 1. The van der Waals surface area contributed by atoms with Crippen LogP contribution in [0.2, 0.25) is 0 Å². The number of nitrogens with zero attached hydrogens (tertiary/aromatic N) is 2. The van der Waals surface area contributed by atoms with Crippen molar-refractivity contribution in [3.8, 4) is 0 Å². The minimum Gasteiger partial charge on any atom is -0.335 e. The summed E-state index contributed by atoms with van der Waals surface area (Å²) in [6.07, 6.45) is 6.19. The van der Waals surface area contributed by atoms with Gasteiger partial charge in [-0.2, -0.15) is 4.98 Å². The Morgan fingerprint density at radius 1 is 1.27 bits per heavy atom. The molecule has 2 aliphatic carbocycles. The molecular formula is C11H17N3O. The largest absolute Gasteiger partial charge is 0.335 e. The molecule has 1 aromatic heterocycles. The fourth-order valence-electron chi connectivity index (χ4n) is 2.30. The summed E-state index contributed by atoms with van der Waals surface area (Å²) in [6.45, 7) is 2.30. The van der Waals surface area contributed by atoms with Crippen molar-refractivity contribution in [3.63, 3.8) is 0 Å². The molecule has 4 heteroatoms. The summed E-state index contributed by atoms with van der Waals surface area (Å²) in [5.41, 5.74) is 0. The van der Waals surface area contributed by atoms with Gasteiger partial charge in [0.2, 0.25) is 0 Å². The van der Waals surface area contributed by atoms with Gasteiger partial charge in [-0.05, 0) is 38.0 Å². The summed E-state index contributed by atoms with van der Waals surface area (Å²) in [7, 11) is 0. The summed E-state index contributed by atoms with van der Waals surface area (Å²) < 4.78 is 5.19. The van der Waals surface area contributed by atoms with Crippen molar-refractivity contribution in [2.75, 3.05) is 5.32 Å². The molecule has 1 heterocycles. The molecule has 2 atom stereocenters. The SMILES string of the molecule is CC1CCC(c2noc(NC3CC3)n2)C1. The second-order valence-corrected chi connectivity index (χ2v) is 4.99. The minimum absolute atomic E-state index is 0.526. The van der Waals surface area contributed by atoms with Crippen LogP contribution in [0.5, 0.6) is 0 Å². The van der Waals surface area contributed by atoms with Gasteiger partial charge in [-0.25, -0.2) is 0 Å². The highest BCUT2D eigenvalue weighted by molar-refractivity contribution is 5.24. The molecule has 4 nitrogen and oxygen atoms in total. The van der Waals surface area contributed by atoms with Crippen molar-refractivity contribution >= 4 is 6.01 Å². The average molecular weight is 207 g/mol. The lowest BCUT2D eigenvalue weighted by Gasteiger charge is -2.01. The zero-order valence-corrected chi connectivity index (χ0v) is 9.07. The van der Waals surface area contributed by atoms with Gasteiger partial charge in [0.15, 0.2) is 5.82 Å². The number of anilines is 1. The second-order valence-electron chi connectivity index (χ2n) is 4.99. The van der Waals surface area contributed by atoms with Crippen molar-refractivity contribution in [2.45, 2.75) is 51.0 Å². The molecule has 3 rings (SSSR count). The van der Waals surface area contributed by atoms with Crippen LogP contribution in [0.25, 0.3) is 0 Å². The quantitative estimate of drug-likeness (QED) is 0.827. The fraction of sp³-hybridized carbons (Fsp3) is 0.818. The third kappa shape index (κ3) is 1.98. The van der Waals surface area contributed by atoms with E-state index in [2.05, 4.69) is 22.4 Å². The first kappa shape index (κ1) is 9.19. The van der Waals surface area contributed by atoms with Crippen molar-refractivity contribution in [3.05, 3.63) is 5.82 Å². The van der Waals surface area contributed by atoms with Crippen LogP contribution in [0.4, 0.5) is 6.01 Å². The fourth-order valence-corrected chi connectivity index (χ4v) is 2.30. The van der Waals surface area contributed by atoms with E-state index < -0.39 is 0 Å². The molecule has 2 fully saturated rings. The van der Waals surface area contributed by atoms with Crippen LogP contribution in [-0.2, 0) is 0 Å². The Kier molecular flexibility index (Phi) is 2.15. The predicted molar refractivity (Wildman–Crippen MR) is 56.7 cm³/mol. The van der Waals surface area contributed by atoms with Crippen molar-refractivity contribution in [2.24, 2.45) is 5.92 Å². The molecule has 2 saturated carbocycles. The Hall–Kier alpha value is -1.06. The molecule has 15 heavy (non-hydrogen) atoms. The number of nitrogens with one attached hydrogen (secondary N) is 1. The minimum atomic E-state index is 0.526. The van der Waals surface area contributed by atoms with E-state index in [4.69, 9.17) is 4.52 Å². The second kappa shape index (κ2) is 3.51. The highest BCUT2D eigenvalue weighted by atomic mass is 16.5. The van der Waals surface area contributed by atoms with Gasteiger partial charge in [0.1, 0.15) is 0 Å². The summed E-state index contributed by atoms with van der Waals surface area (Å²) in [6, 6.07) is 1.20. The van der Waals surface area contributed by atoms with E-state index in [9.17, 15) is 0 Å². The molecule has 0 bridgehead atoms. The van der Waals surface area contributed by atoms with E-state index >= 15 is 0 Å². The zero-order valence-electron chi connectivity index (χ0n) is 9.07. The van der Waals surface area contributed by atoms with Gasteiger partial charge in [-0.3, -0.25) is 0 Å². The first-order chi connectivity index (χ1) is 7.31. The van der Waals surface area contributed by atoms with E-state index in [0.29, 0.717) is 18.0 Å². The molecule has 1 N–H and O–H groups in total. The van der Waals surface area contributed by atoms with Gasteiger partial charge in [-0.15, -0.1) is 0 Å². The summed E-state index contributed by atoms with van der Waals surface area (Å²) in [4.78, 5) is 4.42. The Morgan fingerprint density at radius 2 is 2.13 bits per heavy atom. The summed E-state index contributed by atoms with van der Waals surface area (Å²) in [5, 5.41) is 7.30. The van der Waals surface area contributed by atoms with Gasteiger partial charge in [0.25, 0.3) is 0 Å². The molecule has 82 valence electrons. The highest BCUT2D eigenvalue weighted by Gasteiger charge is 2.28. The molecule has 0 amide bonds. The maximum Gasteiger partial charge on any atom is 0.321 e. The van der Waals surface area contributed by atoms with Gasteiger partial charge in [0, 0.05) is 12.0 Å². The summed E-state index contributed by atoms with van der Waals surface area (Å²) in [5.74, 6) is 2.24. The van der Waals surface area contributed by atoms with Crippen LogP contribution in [0.3, 0.4) is 0 Å². The standard InChI is InChI=1S/C11H17N3O/c1-7-2-3-8(6-7)10-13-11(15-14-10)12-9-4-5-9/h7-9H,2-6H2,1H3,(H,12,13,14). The maximum atomic E-state index is 5.19. The lowest BCUT2D eigenvalue weighted by atomic mass is 10.1. The van der Waals surface area contributed by atoms with Gasteiger partial charge >= 0.3 is 6.01 Å². The number of hydrogen-bond acceptors (Lipinski definition) is 4. The molecule has 1 aromatic rings. The molecule has 0 aliphatic heterocycles. The Balaban J connectivity index is 1.66. The maximum absolute atomic E-state index is 5.19. The predicted octanol–water partition coefficient (Wildman–Crippen LogP) is 2.55. The number of rotatable bonds is 3. The number of aromatic nitrogens is 2. The van der Waals surface area contributed by atoms with E-state index in [1.165, 1.54) is 32.1 Å². The van der Waals surface area contributed by atoms with E-state index in [1.54, 1.807) is 0 Å². The first-order valence-electron chi connectivity index (χ1n) is 5.91. The normalized spacial score (nSPS) is 30.7. The smallest absolute Gasteiger partial charge is 0.321 e. The van der Waals surface area contributed by atoms with Crippen molar-refractivity contribution in [1.82, 2.24) is 10.1 Å². The monoisotopic (exact) mass is 207 g/mol. The highest BCUT2D eigenvalue weighted by Crippen LogP contribution is 2.37. The molecule has 0 saturated heterocycles. The lowest BCUT2D eigenvalue weighted by molar-refractivity contribution is 0.414. The topological polar surface area (TPSA) is 51.0 Å². The van der Waals surface area contributed by atoms with E-state index in [1.807, 2.05) is 0 Å². The lowest BCUT2D eigenvalue weighted by Crippen LogP contribution is -2.01. The van der Waals surface area contributed by atoms with Gasteiger partial charge in [0.05, 0.1) is 0 Å². The van der Waals surface area contributed by atoms with Crippen LogP contribution in [0.15, 0.2) is 4.52 Å². The third-order valence-corrected chi connectivity index (χ3v) is 3.41. The molecule has 0 radical (unpaired) electrons. The Morgan fingerprint density at radius 3 is 2.80 bits per heavy atom. The van der Waals surface area contributed by atoms with E-state index in [0.717, 1.165) is 11.7 Å². The average Bonchev–Trinajstić information content (AvgIpc) is 2.74. The first-order valence-corrected chi connectivity index (χ1v) is 5.91. The molecule has 2 aliphatic rings. The zero-order chi connectivity index (χ0) is 10.3. The van der Waals surface area contributed by atoms with Crippen LogP contribution < -0.4 is 5.32 Å². The van der Waals surface area contributed by atoms with Crippen LogP contribution in [0, 0.1) is 5.92 Å². The van der Waals surface area contributed by atoms with E-state index in [-0.39, 0.29) is 0 Å². The van der Waals surface area contributed by atoms with Gasteiger partial charge < -0.3 is 9.84 Å². The van der Waals surface area contributed by atoms with Crippen LogP contribution in [0.1, 0.15) is 50.8 Å². The third-order valence-electron chi connectivity index (χ3n) is 3.41. The van der Waals surface area contributed by atoms with Crippen LogP contribution in [-0.4, -0.2) is 16.2 Å². The molecule has 2 unspecified atom stereocenters. The Bertz CT molecular complexity index is 345.